The second kappa shape index (κ2) is 6.42. The van der Waals surface area contributed by atoms with Crippen LogP contribution < -0.4 is 10.7 Å². The minimum absolute atomic E-state index is 0.101. The summed E-state index contributed by atoms with van der Waals surface area (Å²) in [5, 5.41) is 16.5. The van der Waals surface area contributed by atoms with Crippen molar-refractivity contribution in [3.63, 3.8) is 0 Å². The summed E-state index contributed by atoms with van der Waals surface area (Å²) in [7, 11) is 0. The molecule has 0 amide bonds. The fourth-order valence-electron chi connectivity index (χ4n) is 0.874. The van der Waals surface area contributed by atoms with Gasteiger partial charge in [-0.25, -0.2) is 0 Å². The Morgan fingerprint density at radius 3 is 2.62 bits per heavy atom. The van der Waals surface area contributed by atoms with Crippen molar-refractivity contribution in [2.45, 2.75) is 6.92 Å². The van der Waals surface area contributed by atoms with E-state index in [1.165, 1.54) is 0 Å². The molecule has 86 valence electrons. The number of aliphatic hydroxyl groups excluding tert-OH is 1. The molecule has 1 rings (SSSR count). The average molecular weight is 258 g/mol. The molecule has 0 aromatic heterocycles. The molecule has 0 fully saturated rings. The zero-order valence-electron chi connectivity index (χ0n) is 8.70. The Kier molecular flexibility index (Phi) is 5.18. The van der Waals surface area contributed by atoms with E-state index in [4.69, 9.17) is 28.9 Å². The summed E-state index contributed by atoms with van der Waals surface area (Å²) >= 11 is 10.7. The molecule has 4 nitrogen and oxygen atoms in total. The number of hydrazone groups is 1. The maximum absolute atomic E-state index is 8.72. The fourth-order valence-corrected chi connectivity index (χ4v) is 1.16. The van der Waals surface area contributed by atoms with E-state index in [0.29, 0.717) is 15.8 Å². The number of benzene rings is 1. The Balaban J connectivity index is 2.49. The van der Waals surface area contributed by atoms with Crippen LogP contribution in [0.1, 0.15) is 6.92 Å². The molecule has 0 spiro atoms. The van der Waals surface area contributed by atoms with Gasteiger partial charge in [0.1, 0.15) is 0 Å². The van der Waals surface area contributed by atoms with Gasteiger partial charge in [0, 0.05) is 10.7 Å². The zero-order valence-corrected chi connectivity index (χ0v) is 10.3. The van der Waals surface area contributed by atoms with Crippen LogP contribution in [0.2, 0.25) is 5.02 Å². The first-order valence-electron chi connectivity index (χ1n) is 4.58. The molecule has 3 N–H and O–H groups in total. The smallest absolute Gasteiger partial charge is 0.191 e. The number of nitrogens with zero attached hydrogens (tertiary/aromatic N) is 1. The van der Waals surface area contributed by atoms with E-state index in [-0.39, 0.29) is 6.61 Å². The third-order valence-corrected chi connectivity index (χ3v) is 2.12. The predicted octanol–water partition coefficient (Wildman–Crippen LogP) is 1.99. The first-order chi connectivity index (χ1) is 7.61. The topological polar surface area (TPSA) is 56.7 Å². The lowest BCUT2D eigenvalue weighted by atomic mass is 10.3. The number of thiocarbonyl (C=S) groups is 1. The SMILES string of the molecule is C/C(CO)=N\NC(=S)Nc1ccc(Cl)cc1. The molecule has 0 atom stereocenters. The van der Waals surface area contributed by atoms with E-state index in [9.17, 15) is 0 Å². The van der Waals surface area contributed by atoms with Crippen LogP contribution in [0, 0.1) is 0 Å². The van der Waals surface area contributed by atoms with Gasteiger partial charge in [-0.15, -0.1) is 0 Å². The van der Waals surface area contributed by atoms with Gasteiger partial charge in [-0.2, -0.15) is 5.10 Å². The third-order valence-electron chi connectivity index (χ3n) is 1.68. The van der Waals surface area contributed by atoms with E-state index < -0.39 is 0 Å². The Hall–Kier alpha value is -1.17. The highest BCUT2D eigenvalue weighted by molar-refractivity contribution is 7.80. The molecular weight excluding hydrogens is 246 g/mol. The van der Waals surface area contributed by atoms with Gasteiger partial charge in [-0.05, 0) is 43.4 Å². The van der Waals surface area contributed by atoms with Gasteiger partial charge in [0.25, 0.3) is 0 Å². The number of nitrogens with one attached hydrogen (secondary N) is 2. The second-order valence-corrected chi connectivity index (χ2v) is 3.92. The molecule has 0 heterocycles. The van der Waals surface area contributed by atoms with Crippen molar-refractivity contribution < 1.29 is 5.11 Å². The van der Waals surface area contributed by atoms with Gasteiger partial charge < -0.3 is 10.4 Å². The molecule has 0 bridgehead atoms. The van der Waals surface area contributed by atoms with Crippen LogP contribution in [0.3, 0.4) is 0 Å². The molecule has 6 heteroatoms. The molecule has 0 saturated carbocycles. The lowest BCUT2D eigenvalue weighted by Gasteiger charge is -2.07. The van der Waals surface area contributed by atoms with Crippen LogP contribution in [0.5, 0.6) is 0 Å². The molecule has 1 aromatic carbocycles. The Morgan fingerprint density at radius 1 is 1.44 bits per heavy atom. The van der Waals surface area contributed by atoms with Gasteiger partial charge in [0.2, 0.25) is 0 Å². The molecule has 0 unspecified atom stereocenters. The number of hydrogen-bond acceptors (Lipinski definition) is 3. The molecule has 0 radical (unpaired) electrons. The average Bonchev–Trinajstić information content (AvgIpc) is 2.29. The minimum atomic E-state index is -0.101. The first-order valence-corrected chi connectivity index (χ1v) is 5.37. The van der Waals surface area contributed by atoms with Gasteiger partial charge in [-0.1, -0.05) is 11.6 Å². The summed E-state index contributed by atoms with van der Waals surface area (Å²) in [6, 6.07) is 7.13. The van der Waals surface area contributed by atoms with Crippen molar-refractivity contribution in [3.8, 4) is 0 Å². The summed E-state index contributed by atoms with van der Waals surface area (Å²) in [5.41, 5.74) is 3.99. The predicted molar refractivity (Wildman–Crippen MR) is 71.0 cm³/mol. The molecule has 0 aliphatic carbocycles. The molecule has 0 saturated heterocycles. The number of aliphatic hydroxyl groups is 1. The number of rotatable bonds is 3. The lowest BCUT2D eigenvalue weighted by Crippen LogP contribution is -2.25. The number of hydrogen-bond donors (Lipinski definition) is 3. The van der Waals surface area contributed by atoms with Gasteiger partial charge in [0.15, 0.2) is 5.11 Å². The molecule has 1 aromatic rings. The van der Waals surface area contributed by atoms with Gasteiger partial charge >= 0.3 is 0 Å². The van der Waals surface area contributed by atoms with Crippen LogP contribution in [0.25, 0.3) is 0 Å². The highest BCUT2D eigenvalue weighted by Crippen LogP contribution is 2.12. The maximum Gasteiger partial charge on any atom is 0.191 e. The maximum atomic E-state index is 8.72. The first kappa shape index (κ1) is 12.9. The van der Waals surface area contributed by atoms with Crippen LogP contribution in [-0.2, 0) is 0 Å². The van der Waals surface area contributed by atoms with Gasteiger partial charge in [-0.3, -0.25) is 5.43 Å². The number of halogens is 1. The standard InChI is InChI=1S/C10H12ClN3OS/c1-7(6-15)13-14-10(16)12-9-4-2-8(11)3-5-9/h2-5,15H,6H2,1H3,(H2,12,14,16)/b13-7+. The highest BCUT2D eigenvalue weighted by Gasteiger charge is 1.96. The van der Waals surface area contributed by atoms with Crippen molar-refractivity contribution in [1.82, 2.24) is 5.43 Å². The zero-order chi connectivity index (χ0) is 12.0. The monoisotopic (exact) mass is 257 g/mol. The summed E-state index contributed by atoms with van der Waals surface area (Å²) in [6.07, 6.45) is 0. The number of anilines is 1. The minimum Gasteiger partial charge on any atom is -0.390 e. The summed E-state index contributed by atoms with van der Waals surface area (Å²) in [6.45, 7) is 1.59. The second-order valence-electron chi connectivity index (χ2n) is 3.08. The van der Waals surface area contributed by atoms with Crippen molar-refractivity contribution in [2.75, 3.05) is 11.9 Å². The van der Waals surface area contributed by atoms with Crippen molar-refractivity contribution in [3.05, 3.63) is 29.3 Å². The lowest BCUT2D eigenvalue weighted by molar-refractivity contribution is 0.356. The van der Waals surface area contributed by atoms with Crippen LogP contribution in [-0.4, -0.2) is 22.5 Å². The van der Waals surface area contributed by atoms with Crippen molar-refractivity contribution >= 4 is 40.3 Å². The van der Waals surface area contributed by atoms with Crippen LogP contribution >= 0.6 is 23.8 Å². The van der Waals surface area contributed by atoms with Crippen molar-refractivity contribution in [2.24, 2.45) is 5.10 Å². The molecule has 0 aliphatic rings. The highest BCUT2D eigenvalue weighted by atomic mass is 35.5. The summed E-state index contributed by atoms with van der Waals surface area (Å²) in [5.74, 6) is 0. The Labute approximate surface area is 104 Å². The normalized spacial score (nSPS) is 11.1. The van der Waals surface area contributed by atoms with E-state index in [0.717, 1.165) is 5.69 Å². The summed E-state index contributed by atoms with van der Waals surface area (Å²) < 4.78 is 0. The van der Waals surface area contributed by atoms with Gasteiger partial charge in [0.05, 0.1) is 12.3 Å². The van der Waals surface area contributed by atoms with Crippen LogP contribution in [0.4, 0.5) is 5.69 Å². The summed E-state index contributed by atoms with van der Waals surface area (Å²) in [4.78, 5) is 0. The third kappa shape index (κ3) is 4.57. The fraction of sp³-hybridized carbons (Fsp3) is 0.200. The van der Waals surface area contributed by atoms with E-state index >= 15 is 0 Å². The Morgan fingerprint density at radius 2 is 2.06 bits per heavy atom. The molecule has 0 aliphatic heterocycles. The molecule has 16 heavy (non-hydrogen) atoms. The van der Waals surface area contributed by atoms with Crippen LogP contribution in [0.15, 0.2) is 29.4 Å². The molecular formula is C10H12ClN3OS. The van der Waals surface area contributed by atoms with E-state index in [1.54, 1.807) is 31.2 Å². The van der Waals surface area contributed by atoms with E-state index in [1.807, 2.05) is 0 Å². The van der Waals surface area contributed by atoms with Crippen molar-refractivity contribution in [1.29, 1.82) is 0 Å². The quantitative estimate of drug-likeness (QED) is 0.440. The largest absolute Gasteiger partial charge is 0.390 e. The Bertz CT molecular complexity index is 392. The van der Waals surface area contributed by atoms with E-state index in [2.05, 4.69) is 15.8 Å².